The molecule has 0 radical (unpaired) electrons. The van der Waals surface area contributed by atoms with Crippen molar-refractivity contribution in [2.75, 3.05) is 25.1 Å². The Kier molecular flexibility index (Phi) is 9.13. The van der Waals surface area contributed by atoms with E-state index in [-0.39, 0.29) is 12.5 Å². The minimum atomic E-state index is -0.921. The van der Waals surface area contributed by atoms with Gasteiger partial charge >= 0.3 is 5.97 Å². The molecule has 0 saturated heterocycles. The van der Waals surface area contributed by atoms with E-state index >= 15 is 0 Å². The van der Waals surface area contributed by atoms with Gasteiger partial charge in [-0.3, -0.25) is 4.79 Å². The molecule has 0 heterocycles. The molecule has 146 valence electrons. The molecule has 1 N–H and O–H groups in total. The van der Waals surface area contributed by atoms with Gasteiger partial charge in [0, 0.05) is 12.3 Å². The standard InChI is InChI=1S/C20H31NO5/c1-6-10-13-25-17-12-11-15(14-16(17)18(22)24-8-3)21-19(23)20(5,7-2)26-9-4/h11-12,14H,6-10,13H2,1-5H3,(H,21,23)/t20-/m0/s1. The van der Waals surface area contributed by atoms with Gasteiger partial charge in [0.1, 0.15) is 16.9 Å². The van der Waals surface area contributed by atoms with E-state index in [0.717, 1.165) is 12.8 Å². The Labute approximate surface area is 156 Å². The number of benzene rings is 1. The van der Waals surface area contributed by atoms with E-state index in [9.17, 15) is 9.59 Å². The first-order valence-corrected chi connectivity index (χ1v) is 9.31. The summed E-state index contributed by atoms with van der Waals surface area (Å²) in [5.41, 5.74) is -0.120. The average molecular weight is 365 g/mol. The molecule has 0 aliphatic heterocycles. The molecular formula is C20H31NO5. The number of hydrogen-bond acceptors (Lipinski definition) is 5. The fraction of sp³-hybridized carbons (Fsp3) is 0.600. The minimum Gasteiger partial charge on any atom is -0.493 e. The maximum absolute atomic E-state index is 12.6. The van der Waals surface area contributed by atoms with Crippen molar-refractivity contribution in [3.8, 4) is 5.75 Å². The van der Waals surface area contributed by atoms with Crippen molar-refractivity contribution in [2.24, 2.45) is 0 Å². The number of carbonyl (C=O) groups excluding carboxylic acids is 2. The van der Waals surface area contributed by atoms with E-state index in [0.29, 0.717) is 36.6 Å². The lowest BCUT2D eigenvalue weighted by Gasteiger charge is -2.27. The Morgan fingerprint density at radius 3 is 2.42 bits per heavy atom. The summed E-state index contributed by atoms with van der Waals surface area (Å²) in [4.78, 5) is 24.8. The number of amides is 1. The van der Waals surface area contributed by atoms with Crippen LogP contribution in [0.25, 0.3) is 0 Å². The molecule has 0 unspecified atom stereocenters. The van der Waals surface area contributed by atoms with Crippen molar-refractivity contribution in [1.82, 2.24) is 0 Å². The highest BCUT2D eigenvalue weighted by molar-refractivity contribution is 5.99. The van der Waals surface area contributed by atoms with Crippen LogP contribution in [0.4, 0.5) is 5.69 Å². The third-order valence-corrected chi connectivity index (χ3v) is 4.11. The van der Waals surface area contributed by atoms with Crippen molar-refractivity contribution in [3.05, 3.63) is 23.8 Å². The molecule has 1 aromatic carbocycles. The van der Waals surface area contributed by atoms with Gasteiger partial charge in [0.15, 0.2) is 0 Å². The zero-order valence-electron chi connectivity index (χ0n) is 16.5. The molecule has 0 aromatic heterocycles. The van der Waals surface area contributed by atoms with Gasteiger partial charge in [-0.2, -0.15) is 0 Å². The van der Waals surface area contributed by atoms with Crippen LogP contribution in [-0.4, -0.2) is 37.3 Å². The van der Waals surface area contributed by atoms with E-state index < -0.39 is 11.6 Å². The van der Waals surface area contributed by atoms with Crippen LogP contribution in [0, 0.1) is 0 Å². The van der Waals surface area contributed by atoms with Crippen LogP contribution in [-0.2, 0) is 14.3 Å². The molecule has 1 rings (SSSR count). The number of esters is 1. The highest BCUT2D eigenvalue weighted by Crippen LogP contribution is 2.26. The first-order chi connectivity index (χ1) is 12.4. The quantitative estimate of drug-likeness (QED) is 0.470. The Balaban J connectivity index is 3.04. The normalized spacial score (nSPS) is 13.0. The summed E-state index contributed by atoms with van der Waals surface area (Å²) in [6.07, 6.45) is 2.43. The van der Waals surface area contributed by atoms with E-state index in [4.69, 9.17) is 14.2 Å². The third-order valence-electron chi connectivity index (χ3n) is 4.11. The molecule has 6 heteroatoms. The van der Waals surface area contributed by atoms with Crippen LogP contribution < -0.4 is 10.1 Å². The maximum Gasteiger partial charge on any atom is 0.341 e. The molecule has 1 atom stereocenters. The van der Waals surface area contributed by atoms with Gasteiger partial charge in [0.05, 0.1) is 13.2 Å². The lowest BCUT2D eigenvalue weighted by atomic mass is 10.0. The monoisotopic (exact) mass is 365 g/mol. The van der Waals surface area contributed by atoms with Crippen molar-refractivity contribution < 1.29 is 23.8 Å². The summed E-state index contributed by atoms with van der Waals surface area (Å²) in [5.74, 6) is -0.271. The van der Waals surface area contributed by atoms with E-state index in [1.165, 1.54) is 0 Å². The van der Waals surface area contributed by atoms with Gasteiger partial charge < -0.3 is 19.5 Å². The van der Waals surface area contributed by atoms with Gasteiger partial charge in [-0.15, -0.1) is 0 Å². The topological polar surface area (TPSA) is 73.9 Å². The van der Waals surface area contributed by atoms with Crippen LogP contribution >= 0.6 is 0 Å². The SMILES string of the molecule is CCCCOc1ccc(NC(=O)[C@](C)(CC)OCC)cc1C(=O)OCC. The highest BCUT2D eigenvalue weighted by Gasteiger charge is 2.32. The van der Waals surface area contributed by atoms with Gasteiger partial charge in [0.25, 0.3) is 5.91 Å². The number of ether oxygens (including phenoxy) is 3. The zero-order valence-corrected chi connectivity index (χ0v) is 16.5. The Hall–Kier alpha value is -2.08. The first-order valence-electron chi connectivity index (χ1n) is 9.31. The van der Waals surface area contributed by atoms with E-state index in [1.54, 1.807) is 32.0 Å². The molecule has 0 aliphatic carbocycles. The second-order valence-electron chi connectivity index (χ2n) is 6.10. The van der Waals surface area contributed by atoms with Crippen molar-refractivity contribution in [3.63, 3.8) is 0 Å². The number of hydrogen-bond donors (Lipinski definition) is 1. The number of unbranched alkanes of at least 4 members (excludes halogenated alkanes) is 1. The summed E-state index contributed by atoms with van der Waals surface area (Å²) in [7, 11) is 0. The summed E-state index contributed by atoms with van der Waals surface area (Å²) in [6.45, 7) is 10.5. The molecule has 0 bridgehead atoms. The first kappa shape index (κ1) is 22.0. The van der Waals surface area contributed by atoms with Crippen molar-refractivity contribution in [2.45, 2.75) is 59.5 Å². The highest BCUT2D eigenvalue weighted by atomic mass is 16.5. The summed E-state index contributed by atoms with van der Waals surface area (Å²) >= 11 is 0. The van der Waals surface area contributed by atoms with E-state index in [2.05, 4.69) is 12.2 Å². The van der Waals surface area contributed by atoms with Gasteiger partial charge in [-0.05, 0) is 51.8 Å². The molecule has 6 nitrogen and oxygen atoms in total. The summed E-state index contributed by atoms with van der Waals surface area (Å²) in [6, 6.07) is 4.98. The zero-order chi connectivity index (χ0) is 19.6. The second kappa shape index (κ2) is 10.8. The molecule has 0 fully saturated rings. The van der Waals surface area contributed by atoms with Crippen LogP contribution in [0.15, 0.2) is 18.2 Å². The van der Waals surface area contributed by atoms with Crippen LogP contribution in [0.5, 0.6) is 5.75 Å². The molecule has 0 spiro atoms. The fourth-order valence-corrected chi connectivity index (χ4v) is 2.34. The van der Waals surface area contributed by atoms with Crippen LogP contribution in [0.1, 0.15) is 64.2 Å². The lowest BCUT2D eigenvalue weighted by molar-refractivity contribution is -0.139. The molecule has 1 aromatic rings. The van der Waals surface area contributed by atoms with Crippen LogP contribution in [0.3, 0.4) is 0 Å². The molecule has 0 saturated carbocycles. The molecule has 26 heavy (non-hydrogen) atoms. The van der Waals surface area contributed by atoms with Crippen molar-refractivity contribution in [1.29, 1.82) is 0 Å². The molecule has 0 aliphatic rings. The van der Waals surface area contributed by atoms with Gasteiger partial charge in [-0.1, -0.05) is 20.3 Å². The smallest absolute Gasteiger partial charge is 0.341 e. The molecular weight excluding hydrogens is 334 g/mol. The number of rotatable bonds is 11. The number of carbonyl (C=O) groups is 2. The average Bonchev–Trinajstić information content (AvgIpc) is 2.63. The Morgan fingerprint density at radius 2 is 1.85 bits per heavy atom. The van der Waals surface area contributed by atoms with E-state index in [1.807, 2.05) is 13.8 Å². The van der Waals surface area contributed by atoms with Crippen LogP contribution in [0.2, 0.25) is 0 Å². The predicted octanol–water partition coefficient (Wildman–Crippen LogP) is 4.19. The summed E-state index contributed by atoms with van der Waals surface area (Å²) in [5, 5.41) is 2.82. The minimum absolute atomic E-state index is 0.253. The lowest BCUT2D eigenvalue weighted by Crippen LogP contribution is -2.42. The Bertz CT molecular complexity index is 602. The second-order valence-corrected chi connectivity index (χ2v) is 6.10. The predicted molar refractivity (Wildman–Crippen MR) is 102 cm³/mol. The summed E-state index contributed by atoms with van der Waals surface area (Å²) < 4.78 is 16.4. The molecule has 1 amide bonds. The largest absolute Gasteiger partial charge is 0.493 e. The van der Waals surface area contributed by atoms with Gasteiger partial charge in [-0.25, -0.2) is 4.79 Å². The number of nitrogens with one attached hydrogen (secondary N) is 1. The third kappa shape index (κ3) is 6.02. The number of anilines is 1. The van der Waals surface area contributed by atoms with Gasteiger partial charge in [0.2, 0.25) is 0 Å². The maximum atomic E-state index is 12.6. The fourth-order valence-electron chi connectivity index (χ4n) is 2.34. The Morgan fingerprint density at radius 1 is 1.12 bits per heavy atom. The van der Waals surface area contributed by atoms with Crippen molar-refractivity contribution >= 4 is 17.6 Å².